The van der Waals surface area contributed by atoms with Gasteiger partial charge in [-0.15, -0.1) is 0 Å². The van der Waals surface area contributed by atoms with Crippen molar-refractivity contribution in [1.29, 1.82) is 0 Å². The zero-order valence-electron chi connectivity index (χ0n) is 13.3. The van der Waals surface area contributed by atoms with Crippen LogP contribution in [0.15, 0.2) is 42.5 Å². The Labute approximate surface area is 143 Å². The minimum absolute atomic E-state index is 0.0438. The van der Waals surface area contributed by atoms with Gasteiger partial charge in [0, 0.05) is 16.7 Å². The maximum atomic E-state index is 13.4. The Morgan fingerprint density at radius 2 is 2.04 bits per heavy atom. The van der Waals surface area contributed by atoms with Crippen molar-refractivity contribution in [2.24, 2.45) is 0 Å². The lowest BCUT2D eigenvalue weighted by Crippen LogP contribution is -2.08. The summed E-state index contributed by atoms with van der Waals surface area (Å²) >= 11 is 0. The van der Waals surface area contributed by atoms with Gasteiger partial charge in [-0.1, -0.05) is 24.3 Å². The summed E-state index contributed by atoms with van der Waals surface area (Å²) in [5.74, 6) is -0.789. The third-order valence-electron chi connectivity index (χ3n) is 4.35. The lowest BCUT2D eigenvalue weighted by Gasteiger charge is -2.11. The zero-order valence-corrected chi connectivity index (χ0v) is 13.3. The van der Waals surface area contributed by atoms with Crippen LogP contribution >= 0.6 is 0 Å². The number of carbonyl (C=O) groups is 2. The summed E-state index contributed by atoms with van der Waals surface area (Å²) in [4.78, 5) is 24.1. The molecule has 6 heteroatoms. The number of benzene rings is 2. The second-order valence-electron chi connectivity index (χ2n) is 5.82. The molecule has 0 spiro atoms. The van der Waals surface area contributed by atoms with Crippen LogP contribution in [0, 0.1) is 5.82 Å². The Morgan fingerprint density at radius 1 is 1.24 bits per heavy atom. The van der Waals surface area contributed by atoms with Gasteiger partial charge in [0.2, 0.25) is 0 Å². The summed E-state index contributed by atoms with van der Waals surface area (Å²) in [5.41, 5.74) is 2.90. The molecule has 2 aromatic carbocycles. The average Bonchev–Trinajstić information content (AvgIpc) is 3.11. The van der Waals surface area contributed by atoms with E-state index >= 15 is 0 Å². The standard InChI is InChI=1S/C19H14FNO4/c1-24-16(22)9-15-11-4-2-3-5-12(11)18(25-15)17-13-7-6-10(20)8-14(13)21-19(17)23/h2-8,15H,9H2,1H3,(H,21,23)/b18-17+. The number of amides is 1. The molecule has 0 fully saturated rings. The summed E-state index contributed by atoms with van der Waals surface area (Å²) in [6.07, 6.45) is -0.481. The third-order valence-corrected chi connectivity index (χ3v) is 4.35. The number of fused-ring (bicyclic) bond motifs is 2. The highest BCUT2D eigenvalue weighted by Crippen LogP contribution is 2.46. The molecule has 2 aliphatic rings. The van der Waals surface area contributed by atoms with Crippen molar-refractivity contribution in [3.63, 3.8) is 0 Å². The van der Waals surface area contributed by atoms with Crippen molar-refractivity contribution < 1.29 is 23.5 Å². The fourth-order valence-corrected chi connectivity index (χ4v) is 3.20. The van der Waals surface area contributed by atoms with Crippen LogP contribution in [0.2, 0.25) is 0 Å². The van der Waals surface area contributed by atoms with Gasteiger partial charge < -0.3 is 14.8 Å². The van der Waals surface area contributed by atoms with E-state index in [9.17, 15) is 14.0 Å². The van der Waals surface area contributed by atoms with Crippen molar-refractivity contribution >= 4 is 28.9 Å². The van der Waals surface area contributed by atoms with Crippen LogP contribution in [0.1, 0.15) is 29.2 Å². The van der Waals surface area contributed by atoms with E-state index in [-0.39, 0.29) is 12.3 Å². The lowest BCUT2D eigenvalue weighted by molar-refractivity contribution is -0.142. The number of halogens is 1. The first-order valence-electron chi connectivity index (χ1n) is 7.77. The van der Waals surface area contributed by atoms with Crippen molar-refractivity contribution in [1.82, 2.24) is 0 Å². The molecule has 0 saturated heterocycles. The van der Waals surface area contributed by atoms with Gasteiger partial charge in [-0.05, 0) is 18.2 Å². The maximum Gasteiger partial charge on any atom is 0.309 e. The Morgan fingerprint density at radius 3 is 2.84 bits per heavy atom. The molecule has 5 nitrogen and oxygen atoms in total. The van der Waals surface area contributed by atoms with Gasteiger partial charge in [-0.2, -0.15) is 0 Å². The minimum atomic E-state index is -0.525. The number of nitrogens with one attached hydrogen (secondary N) is 1. The number of hydrogen-bond acceptors (Lipinski definition) is 4. The van der Waals surface area contributed by atoms with E-state index in [1.807, 2.05) is 24.3 Å². The van der Waals surface area contributed by atoms with Gasteiger partial charge in [0.05, 0.1) is 24.8 Å². The number of hydrogen-bond donors (Lipinski definition) is 1. The first kappa shape index (κ1) is 15.4. The van der Waals surface area contributed by atoms with Crippen molar-refractivity contribution in [2.45, 2.75) is 12.5 Å². The van der Waals surface area contributed by atoms with Crippen molar-refractivity contribution in [3.8, 4) is 0 Å². The van der Waals surface area contributed by atoms with E-state index in [1.54, 1.807) is 6.07 Å². The largest absolute Gasteiger partial charge is 0.484 e. The smallest absolute Gasteiger partial charge is 0.309 e. The van der Waals surface area contributed by atoms with E-state index in [1.165, 1.54) is 19.2 Å². The number of anilines is 1. The van der Waals surface area contributed by atoms with Crippen LogP contribution in [0.3, 0.4) is 0 Å². The molecule has 0 aliphatic carbocycles. The topological polar surface area (TPSA) is 64.6 Å². The monoisotopic (exact) mass is 339 g/mol. The molecule has 0 radical (unpaired) electrons. The predicted octanol–water partition coefficient (Wildman–Crippen LogP) is 3.28. The molecule has 0 saturated carbocycles. The molecule has 1 atom stereocenters. The number of ether oxygens (including phenoxy) is 2. The molecule has 2 aliphatic heterocycles. The van der Waals surface area contributed by atoms with Gasteiger partial charge in [0.1, 0.15) is 17.7 Å². The molecule has 2 heterocycles. The van der Waals surface area contributed by atoms with Crippen LogP contribution in [0.4, 0.5) is 10.1 Å². The van der Waals surface area contributed by atoms with Crippen molar-refractivity contribution in [2.75, 3.05) is 12.4 Å². The van der Waals surface area contributed by atoms with E-state index in [0.717, 1.165) is 11.1 Å². The summed E-state index contributed by atoms with van der Waals surface area (Å²) in [6, 6.07) is 11.5. The quantitative estimate of drug-likeness (QED) is 0.674. The summed E-state index contributed by atoms with van der Waals surface area (Å²) < 4.78 is 24.1. The van der Waals surface area contributed by atoms with E-state index < -0.39 is 17.9 Å². The molecule has 1 N–H and O–H groups in total. The molecule has 1 unspecified atom stereocenters. The molecule has 2 aromatic rings. The highest BCUT2D eigenvalue weighted by molar-refractivity contribution is 6.36. The average molecular weight is 339 g/mol. The number of carbonyl (C=O) groups excluding carboxylic acids is 2. The third kappa shape index (κ3) is 2.46. The van der Waals surface area contributed by atoms with Gasteiger partial charge in [0.25, 0.3) is 5.91 Å². The fraction of sp³-hybridized carbons (Fsp3) is 0.158. The molecule has 4 rings (SSSR count). The highest BCUT2D eigenvalue weighted by Gasteiger charge is 2.37. The van der Waals surface area contributed by atoms with E-state index in [0.29, 0.717) is 22.6 Å². The molecule has 0 aromatic heterocycles. The first-order valence-corrected chi connectivity index (χ1v) is 7.77. The molecular formula is C19H14FNO4. The second kappa shape index (κ2) is 5.73. The van der Waals surface area contributed by atoms with Crippen LogP contribution in [-0.2, 0) is 19.1 Å². The SMILES string of the molecule is COC(=O)CC1O/C(=C2/C(=O)Nc3cc(F)ccc32)c2ccccc21. The van der Waals surface area contributed by atoms with Gasteiger partial charge in [-0.25, -0.2) is 4.39 Å². The first-order chi connectivity index (χ1) is 12.1. The lowest BCUT2D eigenvalue weighted by atomic mass is 9.98. The Balaban J connectivity index is 1.85. The fourth-order valence-electron chi connectivity index (χ4n) is 3.20. The number of methoxy groups -OCH3 is 1. The number of esters is 1. The van der Waals surface area contributed by atoms with Crippen LogP contribution < -0.4 is 5.32 Å². The number of rotatable bonds is 2. The Bertz CT molecular complexity index is 935. The molecule has 1 amide bonds. The molecule has 126 valence electrons. The maximum absolute atomic E-state index is 13.4. The van der Waals surface area contributed by atoms with Gasteiger partial charge in [-0.3, -0.25) is 9.59 Å². The molecule has 25 heavy (non-hydrogen) atoms. The van der Waals surface area contributed by atoms with Crippen LogP contribution in [0.25, 0.3) is 11.3 Å². The van der Waals surface area contributed by atoms with E-state index in [4.69, 9.17) is 9.47 Å². The van der Waals surface area contributed by atoms with Crippen molar-refractivity contribution in [3.05, 3.63) is 65.0 Å². The second-order valence-corrected chi connectivity index (χ2v) is 5.82. The Hall–Kier alpha value is -3.15. The highest BCUT2D eigenvalue weighted by atomic mass is 19.1. The predicted molar refractivity (Wildman–Crippen MR) is 88.7 cm³/mol. The van der Waals surface area contributed by atoms with E-state index in [2.05, 4.69) is 5.32 Å². The molecule has 0 bridgehead atoms. The summed E-state index contributed by atoms with van der Waals surface area (Å²) in [5, 5.41) is 2.65. The van der Waals surface area contributed by atoms with Crippen LogP contribution in [0.5, 0.6) is 0 Å². The van der Waals surface area contributed by atoms with Crippen LogP contribution in [-0.4, -0.2) is 19.0 Å². The Kier molecular flexibility index (Phi) is 3.53. The zero-order chi connectivity index (χ0) is 17.6. The molecular weight excluding hydrogens is 325 g/mol. The summed E-state index contributed by atoms with van der Waals surface area (Å²) in [7, 11) is 1.32. The summed E-state index contributed by atoms with van der Waals surface area (Å²) in [6.45, 7) is 0. The van der Waals surface area contributed by atoms with Gasteiger partial charge >= 0.3 is 5.97 Å². The van der Waals surface area contributed by atoms with Gasteiger partial charge in [0.15, 0.2) is 0 Å². The normalized spacial score (nSPS) is 20.6. The minimum Gasteiger partial charge on any atom is -0.484 e.